The topological polar surface area (TPSA) is 85.1 Å². The molecule has 0 aliphatic carbocycles. The molecular formula is C14H17N3O2S. The zero-order valence-electron chi connectivity index (χ0n) is 11.6. The maximum absolute atomic E-state index is 12.5. The summed E-state index contributed by atoms with van der Waals surface area (Å²) in [5.74, 6) is 0.336. The highest BCUT2D eigenvalue weighted by Crippen LogP contribution is 2.25. The number of aromatic nitrogens is 1. The Balaban J connectivity index is 2.50. The van der Waals surface area contributed by atoms with E-state index in [-0.39, 0.29) is 4.90 Å². The van der Waals surface area contributed by atoms with E-state index in [1.54, 1.807) is 51.2 Å². The molecule has 0 spiro atoms. The minimum Gasteiger partial charge on any atom is -0.399 e. The second-order valence-electron chi connectivity index (χ2n) is 4.76. The van der Waals surface area contributed by atoms with Crippen molar-refractivity contribution in [2.75, 3.05) is 10.5 Å². The molecule has 0 bridgehead atoms. The monoisotopic (exact) mass is 291 g/mol. The summed E-state index contributed by atoms with van der Waals surface area (Å²) in [6.07, 6.45) is 1.55. The van der Waals surface area contributed by atoms with Gasteiger partial charge in [-0.3, -0.25) is 4.72 Å². The molecule has 0 saturated carbocycles. The number of hydrogen-bond acceptors (Lipinski definition) is 4. The van der Waals surface area contributed by atoms with E-state index in [0.29, 0.717) is 22.6 Å². The minimum absolute atomic E-state index is 0.247. The molecule has 106 valence electrons. The van der Waals surface area contributed by atoms with Gasteiger partial charge in [0.05, 0.1) is 4.90 Å². The van der Waals surface area contributed by atoms with Crippen molar-refractivity contribution in [2.24, 2.45) is 0 Å². The van der Waals surface area contributed by atoms with Crippen LogP contribution in [-0.2, 0) is 10.0 Å². The van der Waals surface area contributed by atoms with Gasteiger partial charge in [0, 0.05) is 11.9 Å². The molecule has 1 heterocycles. The molecule has 0 saturated heterocycles. The van der Waals surface area contributed by atoms with Crippen LogP contribution in [0.4, 0.5) is 11.5 Å². The van der Waals surface area contributed by atoms with Gasteiger partial charge in [-0.05, 0) is 55.7 Å². The van der Waals surface area contributed by atoms with Crippen LogP contribution in [0.15, 0.2) is 35.4 Å². The lowest BCUT2D eigenvalue weighted by Gasteiger charge is -2.14. The largest absolute Gasteiger partial charge is 0.399 e. The van der Waals surface area contributed by atoms with Crippen LogP contribution in [0, 0.1) is 20.8 Å². The van der Waals surface area contributed by atoms with Gasteiger partial charge in [0.1, 0.15) is 5.82 Å². The van der Waals surface area contributed by atoms with Gasteiger partial charge in [0.15, 0.2) is 0 Å². The number of rotatable bonds is 3. The summed E-state index contributed by atoms with van der Waals surface area (Å²) in [5.41, 5.74) is 8.26. The Labute approximate surface area is 118 Å². The normalized spacial score (nSPS) is 11.3. The molecule has 0 radical (unpaired) electrons. The smallest absolute Gasteiger partial charge is 0.263 e. The van der Waals surface area contributed by atoms with Crippen LogP contribution in [0.5, 0.6) is 0 Å². The van der Waals surface area contributed by atoms with E-state index in [0.717, 1.165) is 5.56 Å². The predicted octanol–water partition coefficient (Wildman–Crippen LogP) is 2.39. The number of nitrogens with two attached hydrogens (primary N) is 1. The van der Waals surface area contributed by atoms with E-state index in [4.69, 9.17) is 5.73 Å². The summed E-state index contributed by atoms with van der Waals surface area (Å²) in [5, 5.41) is 0. The van der Waals surface area contributed by atoms with Gasteiger partial charge in [-0.15, -0.1) is 0 Å². The highest BCUT2D eigenvalue weighted by atomic mass is 32.2. The van der Waals surface area contributed by atoms with Crippen LogP contribution in [0.25, 0.3) is 0 Å². The van der Waals surface area contributed by atoms with E-state index >= 15 is 0 Å². The van der Waals surface area contributed by atoms with Crippen LogP contribution in [-0.4, -0.2) is 13.4 Å². The van der Waals surface area contributed by atoms with Gasteiger partial charge in [0.2, 0.25) is 0 Å². The van der Waals surface area contributed by atoms with Gasteiger partial charge in [0.25, 0.3) is 10.0 Å². The number of hydrogen-bond donors (Lipinski definition) is 2. The van der Waals surface area contributed by atoms with Crippen LogP contribution in [0.1, 0.15) is 16.7 Å². The van der Waals surface area contributed by atoms with Gasteiger partial charge in [-0.1, -0.05) is 6.07 Å². The number of anilines is 2. The molecule has 2 rings (SSSR count). The highest BCUT2D eigenvalue weighted by Gasteiger charge is 2.21. The molecule has 5 nitrogen and oxygen atoms in total. The number of nitrogens with one attached hydrogen (secondary N) is 1. The summed E-state index contributed by atoms with van der Waals surface area (Å²) in [4.78, 5) is 4.30. The Hall–Kier alpha value is -2.08. The molecule has 0 atom stereocenters. The minimum atomic E-state index is -3.68. The molecular weight excluding hydrogens is 274 g/mol. The zero-order valence-corrected chi connectivity index (χ0v) is 12.5. The highest BCUT2D eigenvalue weighted by molar-refractivity contribution is 7.92. The Kier molecular flexibility index (Phi) is 3.67. The van der Waals surface area contributed by atoms with Crippen molar-refractivity contribution in [3.8, 4) is 0 Å². The Morgan fingerprint density at radius 1 is 1.10 bits per heavy atom. The van der Waals surface area contributed by atoms with Crippen molar-refractivity contribution in [3.63, 3.8) is 0 Å². The molecule has 20 heavy (non-hydrogen) atoms. The molecule has 1 aromatic heterocycles. The second-order valence-corrected chi connectivity index (χ2v) is 6.38. The fourth-order valence-corrected chi connectivity index (χ4v) is 3.71. The molecule has 1 aromatic carbocycles. The fraction of sp³-hybridized carbons (Fsp3) is 0.214. The number of aryl methyl sites for hydroxylation is 3. The van der Waals surface area contributed by atoms with Crippen molar-refractivity contribution in [3.05, 3.63) is 47.2 Å². The lowest BCUT2D eigenvalue weighted by Crippen LogP contribution is -2.17. The fourth-order valence-electron chi connectivity index (χ4n) is 2.18. The van der Waals surface area contributed by atoms with Crippen molar-refractivity contribution in [2.45, 2.75) is 25.7 Å². The summed E-state index contributed by atoms with van der Waals surface area (Å²) >= 11 is 0. The number of sulfonamides is 1. The number of benzene rings is 1. The summed E-state index contributed by atoms with van der Waals surface area (Å²) < 4.78 is 27.6. The van der Waals surface area contributed by atoms with Gasteiger partial charge < -0.3 is 5.73 Å². The first-order chi connectivity index (χ1) is 9.31. The van der Waals surface area contributed by atoms with Crippen molar-refractivity contribution >= 4 is 21.5 Å². The first-order valence-corrected chi connectivity index (χ1v) is 7.61. The van der Waals surface area contributed by atoms with Crippen molar-refractivity contribution in [1.82, 2.24) is 4.98 Å². The summed E-state index contributed by atoms with van der Waals surface area (Å²) in [7, 11) is -3.68. The molecule has 0 unspecified atom stereocenters. The quantitative estimate of drug-likeness (QED) is 0.850. The maximum Gasteiger partial charge on any atom is 0.263 e. The average molecular weight is 291 g/mol. The number of pyridine rings is 1. The maximum atomic E-state index is 12.5. The van der Waals surface area contributed by atoms with Gasteiger partial charge in [-0.25, -0.2) is 13.4 Å². The Bertz CT molecular complexity index is 732. The van der Waals surface area contributed by atoms with Gasteiger partial charge in [-0.2, -0.15) is 0 Å². The first kappa shape index (κ1) is 14.3. The summed E-state index contributed by atoms with van der Waals surface area (Å²) in [6, 6.07) is 6.85. The predicted molar refractivity (Wildman–Crippen MR) is 80.1 cm³/mol. The SMILES string of the molecule is Cc1cccnc1NS(=O)(=O)c1c(C)cc(N)cc1C. The molecule has 0 aliphatic heterocycles. The lowest BCUT2D eigenvalue weighted by molar-refractivity contribution is 0.600. The molecule has 3 N–H and O–H groups in total. The van der Waals surface area contributed by atoms with E-state index in [1.165, 1.54) is 0 Å². The molecule has 0 aliphatic rings. The molecule has 6 heteroatoms. The standard InChI is InChI=1S/C14H17N3O2S/c1-9-5-4-6-16-14(9)17-20(18,19)13-10(2)7-12(15)8-11(13)3/h4-8H,15H2,1-3H3,(H,16,17). The number of nitrogens with zero attached hydrogens (tertiary/aromatic N) is 1. The lowest BCUT2D eigenvalue weighted by atomic mass is 10.1. The van der Waals surface area contributed by atoms with Crippen molar-refractivity contribution in [1.29, 1.82) is 0 Å². The second kappa shape index (κ2) is 5.13. The van der Waals surface area contributed by atoms with Crippen molar-refractivity contribution < 1.29 is 8.42 Å². The van der Waals surface area contributed by atoms with E-state index in [2.05, 4.69) is 9.71 Å². The molecule has 2 aromatic rings. The van der Waals surface area contributed by atoms with E-state index < -0.39 is 10.0 Å². The Morgan fingerprint density at radius 3 is 2.25 bits per heavy atom. The zero-order chi connectivity index (χ0) is 14.9. The van der Waals surface area contributed by atoms with Gasteiger partial charge >= 0.3 is 0 Å². The first-order valence-electron chi connectivity index (χ1n) is 6.12. The van der Waals surface area contributed by atoms with Crippen LogP contribution in [0.3, 0.4) is 0 Å². The van der Waals surface area contributed by atoms with Crippen LogP contribution >= 0.6 is 0 Å². The third kappa shape index (κ3) is 2.75. The number of nitrogen functional groups attached to an aromatic ring is 1. The van der Waals surface area contributed by atoms with Crippen LogP contribution < -0.4 is 10.5 Å². The summed E-state index contributed by atoms with van der Waals surface area (Å²) in [6.45, 7) is 5.25. The molecule has 0 fully saturated rings. The average Bonchev–Trinajstić information content (AvgIpc) is 2.30. The Morgan fingerprint density at radius 2 is 1.70 bits per heavy atom. The van der Waals surface area contributed by atoms with Crippen LogP contribution in [0.2, 0.25) is 0 Å². The van der Waals surface area contributed by atoms with E-state index in [9.17, 15) is 8.42 Å². The van der Waals surface area contributed by atoms with E-state index in [1.807, 2.05) is 0 Å². The third-order valence-corrected chi connectivity index (χ3v) is 4.64. The molecule has 0 amide bonds. The third-order valence-electron chi connectivity index (χ3n) is 2.99.